The summed E-state index contributed by atoms with van der Waals surface area (Å²) in [5.74, 6) is -0.553. The molecule has 6 nitrogen and oxygen atoms in total. The van der Waals surface area contributed by atoms with Crippen molar-refractivity contribution in [2.24, 2.45) is 0 Å². The number of nitrogens with one attached hydrogen (secondary N) is 2. The molecule has 0 radical (unpaired) electrons. The molecule has 1 amide bonds. The first-order valence-electron chi connectivity index (χ1n) is 7.43. The number of anilines is 1. The Balaban J connectivity index is 1.74. The molecular weight excluding hydrogens is 397 g/mol. The molecule has 2 N–H and O–H groups in total. The lowest BCUT2D eigenvalue weighted by Gasteiger charge is -2.04. The number of halogens is 2. The fraction of sp³-hybridized carbons (Fsp3) is 0.125. The quantitative estimate of drug-likeness (QED) is 0.472. The molecule has 10 heteroatoms. The van der Waals surface area contributed by atoms with Gasteiger partial charge in [-0.2, -0.15) is 5.10 Å². The molecule has 26 heavy (non-hydrogen) atoms. The van der Waals surface area contributed by atoms with E-state index >= 15 is 0 Å². The van der Waals surface area contributed by atoms with Gasteiger partial charge in [-0.1, -0.05) is 17.7 Å². The van der Waals surface area contributed by atoms with E-state index in [4.69, 9.17) is 23.8 Å². The molecule has 0 aliphatic rings. The molecule has 134 valence electrons. The molecule has 0 bridgehead atoms. The summed E-state index contributed by atoms with van der Waals surface area (Å²) in [4.78, 5) is 16.5. The number of benzene rings is 1. The van der Waals surface area contributed by atoms with E-state index in [2.05, 4.69) is 27.1 Å². The van der Waals surface area contributed by atoms with Gasteiger partial charge in [0.15, 0.2) is 9.90 Å². The predicted molar refractivity (Wildman–Crippen MR) is 102 cm³/mol. The minimum absolute atomic E-state index is 0.138. The first-order chi connectivity index (χ1) is 12.5. The summed E-state index contributed by atoms with van der Waals surface area (Å²) in [5.41, 5.74) is 0.567. The number of hydrogen-bond donors (Lipinski definition) is 2. The van der Waals surface area contributed by atoms with Crippen molar-refractivity contribution < 1.29 is 9.18 Å². The molecule has 2 heterocycles. The number of allylic oxidation sites excluding steroid dienone is 1. The summed E-state index contributed by atoms with van der Waals surface area (Å²) in [6, 6.07) is 3.80. The van der Waals surface area contributed by atoms with E-state index in [1.807, 2.05) is 0 Å². The summed E-state index contributed by atoms with van der Waals surface area (Å²) in [6.45, 7) is 4.23. The van der Waals surface area contributed by atoms with Crippen LogP contribution in [-0.4, -0.2) is 25.7 Å². The maximum absolute atomic E-state index is 13.8. The van der Waals surface area contributed by atoms with Crippen LogP contribution in [0.1, 0.15) is 21.9 Å². The highest BCUT2D eigenvalue weighted by atomic mass is 35.5. The lowest BCUT2D eigenvalue weighted by atomic mass is 10.2. The Hall–Kier alpha value is -2.36. The largest absolute Gasteiger partial charge is 0.300 e. The van der Waals surface area contributed by atoms with Gasteiger partial charge in [0.1, 0.15) is 11.6 Å². The lowest BCUT2D eigenvalue weighted by molar-refractivity contribution is 0.102. The monoisotopic (exact) mass is 409 g/mol. The lowest BCUT2D eigenvalue weighted by Crippen LogP contribution is -2.13. The standard InChI is InChI=1S/C16H13ClFN5OS2/c1-2-5-23-13(21-22-16(23)25)7-10-8-26-15(19-10)20-14(24)11-6-9(17)3-4-12(11)18/h2-4,6,8H,1,5,7H2,(H,22,25)(H,19,20,24). The molecule has 0 atom stereocenters. The molecule has 0 spiro atoms. The number of H-pyrrole nitrogens is 1. The predicted octanol–water partition coefficient (Wildman–Crippen LogP) is 4.22. The number of carbonyl (C=O) groups is 1. The van der Waals surface area contributed by atoms with E-state index in [0.717, 1.165) is 6.07 Å². The number of rotatable bonds is 6. The van der Waals surface area contributed by atoms with Gasteiger partial charge >= 0.3 is 0 Å². The highest BCUT2D eigenvalue weighted by Gasteiger charge is 2.15. The van der Waals surface area contributed by atoms with Crippen LogP contribution in [-0.2, 0) is 13.0 Å². The number of aromatic amines is 1. The van der Waals surface area contributed by atoms with E-state index in [9.17, 15) is 9.18 Å². The highest BCUT2D eigenvalue weighted by Crippen LogP contribution is 2.20. The Labute approximate surface area is 162 Å². The Morgan fingerprint density at radius 2 is 2.35 bits per heavy atom. The third-order valence-electron chi connectivity index (χ3n) is 3.43. The zero-order valence-corrected chi connectivity index (χ0v) is 15.7. The molecule has 3 aromatic rings. The molecule has 2 aromatic heterocycles. The minimum atomic E-state index is -0.649. The van der Waals surface area contributed by atoms with Crippen LogP contribution in [0, 0.1) is 10.6 Å². The van der Waals surface area contributed by atoms with Crippen LogP contribution in [0.3, 0.4) is 0 Å². The summed E-state index contributed by atoms with van der Waals surface area (Å²) >= 11 is 12.2. The SMILES string of the molecule is C=CCn1c(Cc2csc(NC(=O)c3cc(Cl)ccc3F)n2)n[nH]c1=S. The molecule has 0 fully saturated rings. The van der Waals surface area contributed by atoms with Crippen LogP contribution in [0.2, 0.25) is 5.02 Å². The second-order valence-corrected chi connectivity index (χ2v) is 6.92. The van der Waals surface area contributed by atoms with Gasteiger partial charge in [-0.25, -0.2) is 9.37 Å². The fourth-order valence-corrected chi connectivity index (χ4v) is 3.35. The Bertz CT molecular complexity index is 1030. The number of aromatic nitrogens is 4. The van der Waals surface area contributed by atoms with Crippen molar-refractivity contribution >= 4 is 46.2 Å². The van der Waals surface area contributed by atoms with Crippen molar-refractivity contribution in [2.75, 3.05) is 5.32 Å². The van der Waals surface area contributed by atoms with Gasteiger partial charge in [-0.3, -0.25) is 19.8 Å². The molecule has 0 saturated heterocycles. The van der Waals surface area contributed by atoms with E-state index in [0.29, 0.717) is 34.4 Å². The summed E-state index contributed by atoms with van der Waals surface area (Å²) in [5, 5.41) is 11.9. The van der Waals surface area contributed by atoms with E-state index in [1.165, 1.54) is 23.5 Å². The average Bonchev–Trinajstić information content (AvgIpc) is 3.18. The zero-order valence-electron chi connectivity index (χ0n) is 13.3. The van der Waals surface area contributed by atoms with Crippen LogP contribution in [0.4, 0.5) is 9.52 Å². The molecule has 1 aromatic carbocycles. The van der Waals surface area contributed by atoms with Crippen molar-refractivity contribution in [3.8, 4) is 0 Å². The second kappa shape index (κ2) is 7.90. The van der Waals surface area contributed by atoms with Crippen LogP contribution >= 0.6 is 35.2 Å². The Morgan fingerprint density at radius 1 is 1.54 bits per heavy atom. The molecule has 0 aliphatic heterocycles. The van der Waals surface area contributed by atoms with Gasteiger partial charge in [0.2, 0.25) is 0 Å². The fourth-order valence-electron chi connectivity index (χ4n) is 2.25. The first kappa shape index (κ1) is 18.4. The number of carbonyl (C=O) groups excluding carboxylic acids is 1. The minimum Gasteiger partial charge on any atom is -0.300 e. The van der Waals surface area contributed by atoms with Gasteiger partial charge < -0.3 is 0 Å². The molecule has 3 rings (SSSR count). The van der Waals surface area contributed by atoms with Gasteiger partial charge in [-0.15, -0.1) is 17.9 Å². The third kappa shape index (κ3) is 4.06. The normalized spacial score (nSPS) is 10.7. The second-order valence-electron chi connectivity index (χ2n) is 5.24. The molecule has 0 unspecified atom stereocenters. The summed E-state index contributed by atoms with van der Waals surface area (Å²) < 4.78 is 16.1. The topological polar surface area (TPSA) is 75.6 Å². The Morgan fingerprint density at radius 3 is 3.12 bits per heavy atom. The van der Waals surface area contributed by atoms with Crippen LogP contribution in [0.5, 0.6) is 0 Å². The zero-order chi connectivity index (χ0) is 18.7. The van der Waals surface area contributed by atoms with Crippen molar-refractivity contribution in [1.29, 1.82) is 0 Å². The Kier molecular flexibility index (Phi) is 5.60. The van der Waals surface area contributed by atoms with E-state index in [-0.39, 0.29) is 10.6 Å². The highest BCUT2D eigenvalue weighted by molar-refractivity contribution is 7.71. The molecule has 0 saturated carbocycles. The van der Waals surface area contributed by atoms with E-state index in [1.54, 1.807) is 16.0 Å². The van der Waals surface area contributed by atoms with Crippen molar-refractivity contribution in [3.63, 3.8) is 0 Å². The van der Waals surface area contributed by atoms with Gasteiger partial charge in [-0.05, 0) is 30.4 Å². The average molecular weight is 410 g/mol. The van der Waals surface area contributed by atoms with Gasteiger partial charge in [0.05, 0.1) is 17.7 Å². The summed E-state index contributed by atoms with van der Waals surface area (Å²) in [7, 11) is 0. The van der Waals surface area contributed by atoms with Crippen LogP contribution in [0.15, 0.2) is 36.2 Å². The summed E-state index contributed by atoms with van der Waals surface area (Å²) in [6.07, 6.45) is 2.15. The van der Waals surface area contributed by atoms with Crippen LogP contribution in [0.25, 0.3) is 0 Å². The molecular formula is C16H13ClFN5OS2. The van der Waals surface area contributed by atoms with Crippen molar-refractivity contribution in [1.82, 2.24) is 19.7 Å². The number of amides is 1. The van der Waals surface area contributed by atoms with Gasteiger partial charge in [0.25, 0.3) is 5.91 Å². The number of nitrogens with zero attached hydrogens (tertiary/aromatic N) is 3. The maximum Gasteiger partial charge on any atom is 0.260 e. The van der Waals surface area contributed by atoms with Crippen molar-refractivity contribution in [3.05, 3.63) is 68.9 Å². The third-order valence-corrected chi connectivity index (χ3v) is 4.79. The van der Waals surface area contributed by atoms with Crippen molar-refractivity contribution in [2.45, 2.75) is 13.0 Å². The van der Waals surface area contributed by atoms with Gasteiger partial charge in [0, 0.05) is 16.9 Å². The van der Waals surface area contributed by atoms with E-state index < -0.39 is 11.7 Å². The smallest absolute Gasteiger partial charge is 0.260 e. The van der Waals surface area contributed by atoms with Crippen LogP contribution < -0.4 is 5.32 Å². The number of hydrogen-bond acceptors (Lipinski definition) is 5. The first-order valence-corrected chi connectivity index (χ1v) is 9.10. The maximum atomic E-state index is 13.8. The molecule has 0 aliphatic carbocycles. The number of thiazole rings is 1.